The summed E-state index contributed by atoms with van der Waals surface area (Å²) in [5.41, 5.74) is 12.2. The molecule has 0 radical (unpaired) electrons. The van der Waals surface area contributed by atoms with Gasteiger partial charge in [-0.1, -0.05) is 126 Å². The van der Waals surface area contributed by atoms with Crippen molar-refractivity contribution < 1.29 is 0 Å². The molecule has 0 saturated heterocycles. The first-order valence-electron chi connectivity index (χ1n) is 12.6. The van der Waals surface area contributed by atoms with Gasteiger partial charge in [0.25, 0.3) is 0 Å². The summed E-state index contributed by atoms with van der Waals surface area (Å²) >= 11 is 0. The van der Waals surface area contributed by atoms with E-state index in [1.165, 1.54) is 33.4 Å². The molecule has 3 aliphatic carbocycles. The third kappa shape index (κ3) is 2.57. The van der Waals surface area contributed by atoms with Gasteiger partial charge in [-0.15, -0.1) is 12.0 Å². The molecule has 0 spiro atoms. The molecular formula is C33H34Si. The monoisotopic (exact) mass is 458 g/mol. The van der Waals surface area contributed by atoms with Gasteiger partial charge in [0.2, 0.25) is 0 Å². The molecule has 34 heavy (non-hydrogen) atoms. The fraction of sp³-hybridized carbons (Fsp3) is 0.333. The number of hydrogen-bond donors (Lipinski definition) is 0. The molecule has 0 saturated carbocycles. The second kappa shape index (κ2) is 7.76. The van der Waals surface area contributed by atoms with Crippen molar-refractivity contribution in [3.05, 3.63) is 106 Å². The number of rotatable bonds is 3. The van der Waals surface area contributed by atoms with Crippen LogP contribution in [-0.2, 0) is 10.8 Å². The largest absolute Gasteiger partial charge is 0.146 e. The van der Waals surface area contributed by atoms with Crippen LogP contribution in [0.3, 0.4) is 0 Å². The third-order valence-electron chi connectivity index (χ3n) is 8.75. The Kier molecular flexibility index (Phi) is 5.20. The van der Waals surface area contributed by atoms with E-state index in [0.717, 1.165) is 0 Å². The van der Waals surface area contributed by atoms with Gasteiger partial charge in [0, 0.05) is 0 Å². The molecule has 0 aromatic heterocycles. The average Bonchev–Trinajstić information content (AvgIpc) is 2.84. The van der Waals surface area contributed by atoms with Gasteiger partial charge in [0.05, 0.1) is 0 Å². The maximum Gasteiger partial charge on any atom is 0.146 e. The van der Waals surface area contributed by atoms with Crippen molar-refractivity contribution in [3.63, 3.8) is 0 Å². The van der Waals surface area contributed by atoms with Crippen LogP contribution in [0, 0.1) is 23.8 Å². The van der Waals surface area contributed by atoms with E-state index in [4.69, 9.17) is 6.42 Å². The second-order valence-electron chi connectivity index (χ2n) is 10.9. The van der Waals surface area contributed by atoms with Gasteiger partial charge in [-0.25, -0.2) is 0 Å². The molecular weight excluding hydrogens is 424 g/mol. The van der Waals surface area contributed by atoms with Crippen LogP contribution in [0.15, 0.2) is 72.8 Å². The highest BCUT2D eigenvalue weighted by atomic mass is 28.3. The Balaban J connectivity index is 1.97. The molecule has 0 N–H and O–H groups in total. The summed E-state index contributed by atoms with van der Waals surface area (Å²) < 4.78 is 0. The molecule has 170 valence electrons. The normalized spacial score (nSPS) is 22.0. The molecule has 3 aliphatic rings. The van der Waals surface area contributed by atoms with Crippen molar-refractivity contribution in [1.29, 1.82) is 0 Å². The molecule has 3 aromatic rings. The molecule has 0 nitrogen and oxygen atoms in total. The Morgan fingerprint density at radius 1 is 0.559 bits per heavy atom. The lowest BCUT2D eigenvalue weighted by Crippen LogP contribution is -2.50. The lowest BCUT2D eigenvalue weighted by Gasteiger charge is -2.53. The van der Waals surface area contributed by atoms with E-state index in [2.05, 4.69) is 132 Å². The first-order chi connectivity index (χ1) is 16.3. The highest BCUT2D eigenvalue weighted by Gasteiger charge is 2.58. The Labute approximate surface area is 206 Å². The number of hydrogen-bond acceptors (Lipinski definition) is 0. The third-order valence-corrected chi connectivity index (χ3v) is 15.0. The van der Waals surface area contributed by atoms with Crippen LogP contribution in [-0.4, -0.2) is 8.07 Å². The van der Waals surface area contributed by atoms with Crippen LogP contribution in [0.25, 0.3) is 0 Å². The Morgan fingerprint density at radius 3 is 1.12 bits per heavy atom. The van der Waals surface area contributed by atoms with Crippen molar-refractivity contribution >= 4 is 8.07 Å². The smallest absolute Gasteiger partial charge is 0.129 e. The van der Waals surface area contributed by atoms with Crippen LogP contribution in [0.4, 0.5) is 0 Å². The maximum atomic E-state index is 6.44. The van der Waals surface area contributed by atoms with Gasteiger partial charge in [-0.05, 0) is 50.0 Å². The minimum absolute atomic E-state index is 0.501. The van der Waals surface area contributed by atoms with E-state index in [1.807, 2.05) is 0 Å². The van der Waals surface area contributed by atoms with Gasteiger partial charge in [0.15, 0.2) is 0 Å². The second-order valence-corrected chi connectivity index (χ2v) is 16.5. The van der Waals surface area contributed by atoms with Crippen LogP contribution in [0.5, 0.6) is 0 Å². The fourth-order valence-corrected chi connectivity index (χ4v) is 12.6. The van der Waals surface area contributed by atoms with E-state index < -0.39 is 18.9 Å². The molecule has 0 heterocycles. The first-order valence-corrected chi connectivity index (χ1v) is 14.8. The van der Waals surface area contributed by atoms with Crippen LogP contribution in [0.2, 0.25) is 16.6 Å². The van der Waals surface area contributed by atoms with Gasteiger partial charge >= 0.3 is 0 Å². The van der Waals surface area contributed by atoms with E-state index in [9.17, 15) is 0 Å². The van der Waals surface area contributed by atoms with Crippen LogP contribution in [0.1, 0.15) is 74.9 Å². The van der Waals surface area contributed by atoms with Crippen molar-refractivity contribution in [2.75, 3.05) is 0 Å². The Hall–Kier alpha value is -3.00. The van der Waals surface area contributed by atoms with E-state index in [1.54, 1.807) is 0 Å². The molecule has 6 rings (SSSR count). The summed E-state index contributed by atoms with van der Waals surface area (Å²) in [4.78, 5) is 0. The van der Waals surface area contributed by atoms with Gasteiger partial charge < -0.3 is 0 Å². The molecule has 0 amide bonds. The molecule has 0 fully saturated rings. The molecule has 0 unspecified atom stereocenters. The Morgan fingerprint density at radius 2 is 0.853 bits per heavy atom. The standard InChI is InChI=1S/C33H34Si/c1-8-32-26-15-9-12-18-29(26)33(30-19-13-10-16-27(30)32,31-20-14-11-17-28(31)32)21-22-34(23(2)3,24(4)5)25(6)7/h1,9-20,23-25H,2-7H3. The number of terminal acetylenes is 1. The zero-order valence-electron chi connectivity index (χ0n) is 21.2. The molecule has 3 aromatic carbocycles. The summed E-state index contributed by atoms with van der Waals surface area (Å²) in [6.45, 7) is 14.3. The summed E-state index contributed by atoms with van der Waals surface area (Å²) in [6.07, 6.45) is 6.44. The highest BCUT2D eigenvalue weighted by Crippen LogP contribution is 2.61. The first kappa shape index (κ1) is 22.8. The van der Waals surface area contributed by atoms with Crippen molar-refractivity contribution in [2.45, 2.75) is 69.0 Å². The zero-order valence-corrected chi connectivity index (χ0v) is 22.2. The molecule has 2 bridgehead atoms. The predicted octanol–water partition coefficient (Wildman–Crippen LogP) is 7.84. The molecule has 0 atom stereocenters. The van der Waals surface area contributed by atoms with Gasteiger partial charge in [0.1, 0.15) is 18.9 Å². The van der Waals surface area contributed by atoms with E-state index in [0.29, 0.717) is 16.6 Å². The minimum atomic E-state index is -1.95. The average molecular weight is 459 g/mol. The lowest BCUT2D eigenvalue weighted by molar-refractivity contribution is 0.606. The van der Waals surface area contributed by atoms with Crippen molar-refractivity contribution in [3.8, 4) is 23.8 Å². The Bertz CT molecular complexity index is 1230. The SMILES string of the molecule is C#CC12c3ccccc3C(C#C[Si](C(C)C)(C(C)C)C(C)C)(c3ccccc31)c1ccccc12. The number of benzene rings is 3. The predicted molar refractivity (Wildman–Crippen MR) is 147 cm³/mol. The summed E-state index contributed by atoms with van der Waals surface area (Å²) in [5, 5.41) is 0. The summed E-state index contributed by atoms with van der Waals surface area (Å²) in [7, 11) is -1.95. The lowest BCUT2D eigenvalue weighted by atomic mass is 9.47. The quantitative estimate of drug-likeness (QED) is 0.277. The molecule has 1 heteroatoms. The van der Waals surface area contributed by atoms with Crippen LogP contribution >= 0.6 is 0 Å². The summed E-state index contributed by atoms with van der Waals surface area (Å²) in [5.74, 6) is 7.34. The maximum absolute atomic E-state index is 6.44. The fourth-order valence-electron chi connectivity index (χ4n) is 7.35. The molecule has 0 aliphatic heterocycles. The van der Waals surface area contributed by atoms with Gasteiger partial charge in [-0.2, -0.15) is 0 Å². The van der Waals surface area contributed by atoms with Crippen molar-refractivity contribution in [2.24, 2.45) is 0 Å². The minimum Gasteiger partial charge on any atom is -0.129 e. The zero-order chi connectivity index (χ0) is 24.3. The van der Waals surface area contributed by atoms with E-state index >= 15 is 0 Å². The van der Waals surface area contributed by atoms with Gasteiger partial charge in [-0.3, -0.25) is 0 Å². The summed E-state index contributed by atoms with van der Waals surface area (Å²) in [6, 6.07) is 26.3. The van der Waals surface area contributed by atoms with Crippen LogP contribution < -0.4 is 0 Å². The van der Waals surface area contributed by atoms with Crippen molar-refractivity contribution in [1.82, 2.24) is 0 Å². The van der Waals surface area contributed by atoms with E-state index in [-0.39, 0.29) is 0 Å². The highest BCUT2D eigenvalue weighted by molar-refractivity contribution is 6.90. The topological polar surface area (TPSA) is 0 Å².